The van der Waals surface area contributed by atoms with Gasteiger partial charge < -0.3 is 18.6 Å². The standard InChI is InChI=1S/C20H18N6O3/c1-27-12-3-4-14-13(8-12)16-11(9-22-24-16)7-15-17(21-10-26(14)15)18-23-19(29-25-18)20(28-2)5-6-20/h3-4,8-10H,5-7H2,1-2H3,(H,22,24). The number of hydrogen-bond acceptors (Lipinski definition) is 7. The number of fused-ring (bicyclic) bond motifs is 5. The highest BCUT2D eigenvalue weighted by molar-refractivity contribution is 5.77. The Morgan fingerprint density at radius 3 is 2.93 bits per heavy atom. The maximum absolute atomic E-state index is 5.56. The largest absolute Gasteiger partial charge is 0.497 e. The first-order valence-corrected chi connectivity index (χ1v) is 9.39. The summed E-state index contributed by atoms with van der Waals surface area (Å²) in [6, 6.07) is 5.96. The van der Waals surface area contributed by atoms with Crippen molar-refractivity contribution in [3.8, 4) is 34.2 Å². The second-order valence-corrected chi connectivity index (χ2v) is 7.36. The fraction of sp³-hybridized carbons (Fsp3) is 0.300. The van der Waals surface area contributed by atoms with E-state index in [1.165, 1.54) is 0 Å². The molecule has 9 heteroatoms. The molecule has 1 aliphatic heterocycles. The molecular formula is C20H18N6O3. The van der Waals surface area contributed by atoms with Gasteiger partial charge in [0.15, 0.2) is 0 Å². The van der Waals surface area contributed by atoms with Gasteiger partial charge in [-0.25, -0.2) is 4.98 Å². The lowest BCUT2D eigenvalue weighted by molar-refractivity contribution is 0.0492. The van der Waals surface area contributed by atoms with Crippen LogP contribution in [0.15, 0.2) is 35.2 Å². The molecule has 4 aromatic rings. The number of aromatic nitrogens is 6. The molecule has 2 aliphatic rings. The lowest BCUT2D eigenvalue weighted by atomic mass is 10.0. The van der Waals surface area contributed by atoms with Crippen molar-refractivity contribution in [1.82, 2.24) is 29.9 Å². The van der Waals surface area contributed by atoms with Gasteiger partial charge in [-0.3, -0.25) is 5.10 Å². The number of nitrogens with zero attached hydrogens (tertiary/aromatic N) is 5. The smallest absolute Gasteiger partial charge is 0.259 e. The van der Waals surface area contributed by atoms with Crippen LogP contribution in [0.25, 0.3) is 28.5 Å². The number of aromatic amines is 1. The minimum absolute atomic E-state index is 0.428. The van der Waals surface area contributed by atoms with Crippen LogP contribution in [0.2, 0.25) is 0 Å². The first kappa shape index (κ1) is 16.5. The Morgan fingerprint density at radius 1 is 1.24 bits per heavy atom. The molecule has 0 atom stereocenters. The quantitative estimate of drug-likeness (QED) is 0.503. The second kappa shape index (κ2) is 5.77. The van der Waals surface area contributed by atoms with Gasteiger partial charge in [-0.2, -0.15) is 10.1 Å². The summed E-state index contributed by atoms with van der Waals surface area (Å²) in [5, 5.41) is 11.6. The van der Waals surface area contributed by atoms with E-state index >= 15 is 0 Å². The number of nitrogens with one attached hydrogen (secondary N) is 1. The number of H-pyrrole nitrogens is 1. The molecule has 1 aliphatic carbocycles. The van der Waals surface area contributed by atoms with E-state index < -0.39 is 5.60 Å². The molecule has 9 nitrogen and oxygen atoms in total. The van der Waals surface area contributed by atoms with E-state index in [0.717, 1.165) is 46.8 Å². The van der Waals surface area contributed by atoms with Gasteiger partial charge in [0, 0.05) is 24.7 Å². The zero-order valence-electron chi connectivity index (χ0n) is 16.0. The molecule has 0 amide bonds. The third-order valence-electron chi connectivity index (χ3n) is 5.80. The fourth-order valence-corrected chi connectivity index (χ4v) is 3.97. The van der Waals surface area contributed by atoms with E-state index in [9.17, 15) is 0 Å². The Hall–Kier alpha value is -3.46. The summed E-state index contributed by atoms with van der Waals surface area (Å²) in [4.78, 5) is 9.23. The number of rotatable bonds is 4. The zero-order chi connectivity index (χ0) is 19.6. The third-order valence-corrected chi connectivity index (χ3v) is 5.80. The highest BCUT2D eigenvalue weighted by Gasteiger charge is 2.50. The Bertz CT molecular complexity index is 1230. The van der Waals surface area contributed by atoms with Crippen molar-refractivity contribution in [3.63, 3.8) is 0 Å². The lowest BCUT2D eigenvalue weighted by Crippen LogP contribution is -2.09. The molecule has 6 rings (SSSR count). The van der Waals surface area contributed by atoms with Crippen molar-refractivity contribution in [2.24, 2.45) is 0 Å². The molecule has 1 saturated carbocycles. The summed E-state index contributed by atoms with van der Waals surface area (Å²) in [7, 11) is 3.33. The van der Waals surface area contributed by atoms with Gasteiger partial charge in [0.25, 0.3) is 5.89 Å². The first-order valence-electron chi connectivity index (χ1n) is 9.39. The molecule has 0 unspecified atom stereocenters. The van der Waals surface area contributed by atoms with Crippen LogP contribution in [0.3, 0.4) is 0 Å². The molecular weight excluding hydrogens is 372 g/mol. The summed E-state index contributed by atoms with van der Waals surface area (Å²) in [5.41, 5.74) is 5.28. The molecule has 0 bridgehead atoms. The van der Waals surface area contributed by atoms with Crippen LogP contribution in [-0.4, -0.2) is 44.1 Å². The van der Waals surface area contributed by atoms with Gasteiger partial charge in [-0.15, -0.1) is 0 Å². The van der Waals surface area contributed by atoms with Crippen molar-refractivity contribution >= 4 is 0 Å². The molecule has 0 spiro atoms. The summed E-state index contributed by atoms with van der Waals surface area (Å²) in [6.07, 6.45) is 6.06. The van der Waals surface area contributed by atoms with Crippen LogP contribution in [0.1, 0.15) is 30.0 Å². The lowest BCUT2D eigenvalue weighted by Gasteiger charge is -2.11. The van der Waals surface area contributed by atoms with Crippen LogP contribution in [0.5, 0.6) is 5.75 Å². The Kier molecular flexibility index (Phi) is 3.28. The van der Waals surface area contributed by atoms with Crippen LogP contribution in [0.4, 0.5) is 0 Å². The first-order chi connectivity index (χ1) is 14.2. The highest BCUT2D eigenvalue weighted by Crippen LogP contribution is 2.48. The van der Waals surface area contributed by atoms with E-state index in [4.69, 9.17) is 14.0 Å². The third kappa shape index (κ3) is 2.31. The molecule has 3 aromatic heterocycles. The second-order valence-electron chi connectivity index (χ2n) is 7.36. The summed E-state index contributed by atoms with van der Waals surface area (Å²) in [5.74, 6) is 1.77. The molecule has 1 aromatic carbocycles. The van der Waals surface area contributed by atoms with Crippen molar-refractivity contribution in [2.75, 3.05) is 14.2 Å². The number of imidazole rings is 1. The Labute approximate surface area is 165 Å². The Morgan fingerprint density at radius 2 is 2.14 bits per heavy atom. The van der Waals surface area contributed by atoms with Crippen LogP contribution >= 0.6 is 0 Å². The molecule has 1 N–H and O–H groups in total. The van der Waals surface area contributed by atoms with Gasteiger partial charge >= 0.3 is 0 Å². The van der Waals surface area contributed by atoms with E-state index in [-0.39, 0.29) is 0 Å². The molecule has 29 heavy (non-hydrogen) atoms. The number of benzene rings is 1. The fourth-order valence-electron chi connectivity index (χ4n) is 3.97. The summed E-state index contributed by atoms with van der Waals surface area (Å²) >= 11 is 0. The minimum atomic E-state index is -0.428. The van der Waals surface area contributed by atoms with Crippen molar-refractivity contribution in [2.45, 2.75) is 24.9 Å². The topological polar surface area (TPSA) is 104 Å². The predicted octanol–water partition coefficient (Wildman–Crippen LogP) is 2.86. The maximum atomic E-state index is 5.56. The molecule has 0 saturated heterocycles. The number of hydrogen-bond donors (Lipinski definition) is 1. The average Bonchev–Trinajstić information content (AvgIpc) is 3.10. The van der Waals surface area contributed by atoms with Crippen molar-refractivity contribution < 1.29 is 14.0 Å². The van der Waals surface area contributed by atoms with Crippen LogP contribution in [0, 0.1) is 0 Å². The number of ether oxygens (including phenoxy) is 2. The average molecular weight is 390 g/mol. The van der Waals surface area contributed by atoms with E-state index in [1.54, 1.807) is 20.5 Å². The molecule has 0 radical (unpaired) electrons. The molecule has 146 valence electrons. The van der Waals surface area contributed by atoms with Crippen molar-refractivity contribution in [1.29, 1.82) is 0 Å². The minimum Gasteiger partial charge on any atom is -0.497 e. The Balaban J connectivity index is 1.52. The highest BCUT2D eigenvalue weighted by atomic mass is 16.5. The van der Waals surface area contributed by atoms with E-state index in [1.807, 2.05) is 24.4 Å². The normalized spacial score (nSPS) is 15.9. The monoisotopic (exact) mass is 390 g/mol. The summed E-state index contributed by atoms with van der Waals surface area (Å²) < 4.78 is 18.6. The van der Waals surface area contributed by atoms with Crippen molar-refractivity contribution in [3.05, 3.63) is 47.9 Å². The molecule has 1 fully saturated rings. The van der Waals surface area contributed by atoms with Gasteiger partial charge in [-0.1, -0.05) is 5.16 Å². The zero-order valence-corrected chi connectivity index (χ0v) is 16.0. The van der Waals surface area contributed by atoms with E-state index in [0.29, 0.717) is 23.8 Å². The van der Waals surface area contributed by atoms with E-state index in [2.05, 4.69) is 29.9 Å². The number of methoxy groups -OCH3 is 2. The maximum Gasteiger partial charge on any atom is 0.259 e. The van der Waals surface area contributed by atoms with Gasteiger partial charge in [0.2, 0.25) is 5.82 Å². The van der Waals surface area contributed by atoms with Gasteiger partial charge in [0.1, 0.15) is 23.4 Å². The van der Waals surface area contributed by atoms with Gasteiger partial charge in [-0.05, 0) is 31.0 Å². The van der Waals surface area contributed by atoms with Crippen LogP contribution in [-0.2, 0) is 16.8 Å². The predicted molar refractivity (Wildman–Crippen MR) is 102 cm³/mol. The van der Waals surface area contributed by atoms with Crippen LogP contribution < -0.4 is 4.74 Å². The van der Waals surface area contributed by atoms with Gasteiger partial charge in [0.05, 0.1) is 30.4 Å². The summed E-state index contributed by atoms with van der Waals surface area (Å²) in [6.45, 7) is 0. The SMILES string of the molecule is COc1ccc2c(c1)-c1[nH]ncc1Cc1c(-c3noc(C4(OC)CC4)n3)ncn1-2. The molecule has 4 heterocycles.